The van der Waals surface area contributed by atoms with Crippen molar-refractivity contribution < 1.29 is 36.0 Å². The summed E-state index contributed by atoms with van der Waals surface area (Å²) in [6, 6.07) is 6.50. The first-order valence-electron chi connectivity index (χ1n) is 9.31. The molecule has 0 radical (unpaired) electrons. The zero-order valence-corrected chi connectivity index (χ0v) is 17.3. The molecular formula is C19H19F2N3O6S. The van der Waals surface area contributed by atoms with Crippen molar-refractivity contribution in [1.82, 2.24) is 14.4 Å². The lowest BCUT2D eigenvalue weighted by atomic mass is 10.2. The summed E-state index contributed by atoms with van der Waals surface area (Å²) >= 11 is 0. The molecule has 0 unspecified atom stereocenters. The largest absolute Gasteiger partial charge is 0.443 e. The number of aryl methyl sites for hydroxylation is 1. The number of amides is 1. The van der Waals surface area contributed by atoms with E-state index in [1.54, 1.807) is 13.0 Å². The summed E-state index contributed by atoms with van der Waals surface area (Å²) in [5.74, 6) is 0.497. The first kappa shape index (κ1) is 21.2. The van der Waals surface area contributed by atoms with Gasteiger partial charge in [0.2, 0.25) is 10.0 Å². The minimum Gasteiger partial charge on any atom is -0.443 e. The first-order valence-corrected chi connectivity index (χ1v) is 10.7. The van der Waals surface area contributed by atoms with Crippen molar-refractivity contribution in [1.29, 1.82) is 0 Å². The second-order valence-corrected chi connectivity index (χ2v) is 9.11. The van der Waals surface area contributed by atoms with Gasteiger partial charge in [0.15, 0.2) is 0 Å². The third-order valence-corrected chi connectivity index (χ3v) is 6.77. The van der Waals surface area contributed by atoms with Gasteiger partial charge in [0, 0.05) is 32.2 Å². The minimum atomic E-state index is -3.81. The van der Waals surface area contributed by atoms with Crippen LogP contribution in [-0.2, 0) is 21.4 Å². The Kier molecular flexibility index (Phi) is 5.67. The monoisotopic (exact) mass is 455 g/mol. The molecule has 9 nitrogen and oxygen atoms in total. The molecular weight excluding hydrogens is 436 g/mol. The van der Waals surface area contributed by atoms with Crippen LogP contribution in [0.1, 0.15) is 11.5 Å². The number of sulfonamides is 1. The second-order valence-electron chi connectivity index (χ2n) is 7.17. The summed E-state index contributed by atoms with van der Waals surface area (Å²) in [7, 11) is -3.81. The maximum absolute atomic E-state index is 12.9. The summed E-state index contributed by atoms with van der Waals surface area (Å²) in [5, 5.41) is 3.76. The SMILES string of the molecule is Cc1cc(COC(=O)N2CC3=C(C2)CN(S(=O)(=O)c2ccc(OC(F)F)cc2)C3)no1. The van der Waals surface area contributed by atoms with Crippen molar-refractivity contribution in [2.75, 3.05) is 26.2 Å². The van der Waals surface area contributed by atoms with Gasteiger partial charge in [-0.2, -0.15) is 13.1 Å². The maximum atomic E-state index is 12.9. The van der Waals surface area contributed by atoms with Crippen LogP contribution < -0.4 is 4.74 Å². The Bertz CT molecular complexity index is 1100. The quantitative estimate of drug-likeness (QED) is 0.617. The molecule has 166 valence electrons. The van der Waals surface area contributed by atoms with Crippen LogP contribution in [0.4, 0.5) is 13.6 Å². The Morgan fingerprint density at radius 2 is 1.81 bits per heavy atom. The van der Waals surface area contributed by atoms with Crippen LogP contribution in [0.3, 0.4) is 0 Å². The zero-order valence-electron chi connectivity index (χ0n) is 16.5. The zero-order chi connectivity index (χ0) is 22.2. The van der Waals surface area contributed by atoms with Gasteiger partial charge in [0.1, 0.15) is 23.8 Å². The molecule has 12 heteroatoms. The highest BCUT2D eigenvalue weighted by Crippen LogP contribution is 2.31. The van der Waals surface area contributed by atoms with E-state index in [-0.39, 0.29) is 43.4 Å². The third-order valence-electron chi connectivity index (χ3n) is 4.96. The van der Waals surface area contributed by atoms with E-state index in [9.17, 15) is 22.0 Å². The summed E-state index contributed by atoms with van der Waals surface area (Å²) in [6.45, 7) is -0.402. The summed E-state index contributed by atoms with van der Waals surface area (Å²) in [5.41, 5.74) is 2.19. The van der Waals surface area contributed by atoms with Gasteiger partial charge in [0.25, 0.3) is 0 Å². The number of carbonyl (C=O) groups is 1. The predicted octanol–water partition coefficient (Wildman–Crippen LogP) is 2.54. The molecule has 2 aliphatic rings. The average molecular weight is 455 g/mol. The molecule has 0 aliphatic carbocycles. The van der Waals surface area contributed by atoms with E-state index >= 15 is 0 Å². The van der Waals surface area contributed by atoms with Crippen LogP contribution in [0.2, 0.25) is 0 Å². The maximum Gasteiger partial charge on any atom is 0.410 e. The fraction of sp³-hybridized carbons (Fsp3) is 0.368. The fourth-order valence-electron chi connectivity index (χ4n) is 3.50. The fourth-order valence-corrected chi connectivity index (χ4v) is 4.93. The number of hydrogen-bond donors (Lipinski definition) is 0. The van der Waals surface area contributed by atoms with Gasteiger partial charge in [-0.3, -0.25) is 0 Å². The molecule has 3 heterocycles. The van der Waals surface area contributed by atoms with Crippen LogP contribution in [0.15, 0.2) is 50.9 Å². The number of alkyl halides is 2. The van der Waals surface area contributed by atoms with E-state index in [0.717, 1.165) is 11.1 Å². The molecule has 2 aliphatic heterocycles. The molecule has 0 N–H and O–H groups in total. The molecule has 0 saturated carbocycles. The third kappa shape index (κ3) is 4.54. The number of nitrogens with zero attached hydrogens (tertiary/aromatic N) is 3. The summed E-state index contributed by atoms with van der Waals surface area (Å²) in [6.07, 6.45) is -0.515. The Labute approximate surface area is 176 Å². The molecule has 31 heavy (non-hydrogen) atoms. The Morgan fingerprint density at radius 3 is 2.35 bits per heavy atom. The lowest BCUT2D eigenvalue weighted by Gasteiger charge is -2.22. The molecule has 2 aromatic rings. The molecule has 0 saturated heterocycles. The molecule has 1 aromatic carbocycles. The van der Waals surface area contributed by atoms with E-state index in [1.807, 2.05) is 0 Å². The number of hydrogen-bond acceptors (Lipinski definition) is 7. The first-order chi connectivity index (χ1) is 14.7. The Morgan fingerprint density at radius 1 is 1.16 bits per heavy atom. The van der Waals surface area contributed by atoms with Crippen molar-refractivity contribution in [3.63, 3.8) is 0 Å². The molecule has 0 bridgehead atoms. The van der Waals surface area contributed by atoms with Gasteiger partial charge in [-0.25, -0.2) is 13.2 Å². The standard InChI is InChI=1S/C19H19F2N3O6S/c1-12-6-15(22-30-12)11-28-19(25)23-7-13-9-24(10-14(13)8-23)31(26,27)17-4-2-16(3-5-17)29-18(20)21/h2-6,18H,7-11H2,1H3. The van der Waals surface area contributed by atoms with E-state index in [2.05, 4.69) is 9.89 Å². The van der Waals surface area contributed by atoms with Crippen molar-refractivity contribution in [3.05, 3.63) is 52.9 Å². The Hall–Kier alpha value is -2.99. The lowest BCUT2D eigenvalue weighted by Crippen LogP contribution is -2.36. The molecule has 0 fully saturated rings. The van der Waals surface area contributed by atoms with Crippen LogP contribution in [0.5, 0.6) is 5.75 Å². The van der Waals surface area contributed by atoms with E-state index in [4.69, 9.17) is 9.26 Å². The second kappa shape index (κ2) is 8.27. The van der Waals surface area contributed by atoms with Gasteiger partial charge in [-0.05, 0) is 42.3 Å². The van der Waals surface area contributed by atoms with Gasteiger partial charge < -0.3 is 18.9 Å². The lowest BCUT2D eigenvalue weighted by molar-refractivity contribution is -0.0498. The van der Waals surface area contributed by atoms with Gasteiger partial charge in [-0.1, -0.05) is 5.16 Å². The summed E-state index contributed by atoms with van der Waals surface area (Å²) in [4.78, 5) is 13.8. The highest BCUT2D eigenvalue weighted by molar-refractivity contribution is 7.89. The highest BCUT2D eigenvalue weighted by Gasteiger charge is 2.38. The number of carbonyl (C=O) groups excluding carboxylic acids is 1. The number of aromatic nitrogens is 1. The van der Waals surface area contributed by atoms with Crippen molar-refractivity contribution >= 4 is 16.1 Å². The van der Waals surface area contributed by atoms with Crippen LogP contribution >= 0.6 is 0 Å². The predicted molar refractivity (Wildman–Crippen MR) is 102 cm³/mol. The van der Waals surface area contributed by atoms with Crippen LogP contribution in [0.25, 0.3) is 0 Å². The molecule has 1 amide bonds. The van der Waals surface area contributed by atoms with Crippen LogP contribution in [-0.4, -0.2) is 61.7 Å². The van der Waals surface area contributed by atoms with Crippen molar-refractivity contribution in [3.8, 4) is 5.75 Å². The molecule has 4 rings (SSSR count). The summed E-state index contributed by atoms with van der Waals surface area (Å²) < 4.78 is 65.9. The van der Waals surface area contributed by atoms with E-state index in [1.165, 1.54) is 33.5 Å². The average Bonchev–Trinajstić information content (AvgIpc) is 3.41. The van der Waals surface area contributed by atoms with Crippen molar-refractivity contribution in [2.24, 2.45) is 0 Å². The minimum absolute atomic E-state index is 0.0108. The molecule has 0 spiro atoms. The Balaban J connectivity index is 1.33. The molecule has 0 atom stereocenters. The van der Waals surface area contributed by atoms with Crippen LogP contribution in [0, 0.1) is 6.92 Å². The number of halogens is 2. The van der Waals surface area contributed by atoms with Gasteiger partial charge in [-0.15, -0.1) is 0 Å². The number of ether oxygens (including phenoxy) is 2. The topological polar surface area (TPSA) is 102 Å². The number of benzene rings is 1. The van der Waals surface area contributed by atoms with E-state index in [0.29, 0.717) is 11.5 Å². The smallest absolute Gasteiger partial charge is 0.410 e. The van der Waals surface area contributed by atoms with Crippen molar-refractivity contribution in [2.45, 2.75) is 25.0 Å². The highest BCUT2D eigenvalue weighted by atomic mass is 32.2. The van der Waals surface area contributed by atoms with E-state index < -0.39 is 22.7 Å². The van der Waals surface area contributed by atoms with Gasteiger partial charge in [0.05, 0.1) is 4.90 Å². The molecule has 1 aromatic heterocycles. The van der Waals surface area contributed by atoms with Gasteiger partial charge >= 0.3 is 12.7 Å². The normalized spacial score (nSPS) is 16.8. The number of rotatable bonds is 6.